The van der Waals surface area contributed by atoms with Crippen LogP contribution in [0, 0.1) is 5.82 Å². The van der Waals surface area contributed by atoms with Gasteiger partial charge in [-0.15, -0.1) is 0 Å². The molecule has 0 aromatic heterocycles. The zero-order valence-corrected chi connectivity index (χ0v) is 11.8. The van der Waals surface area contributed by atoms with Crippen molar-refractivity contribution in [2.45, 2.75) is 26.2 Å². The third-order valence-electron chi connectivity index (χ3n) is 3.04. The van der Waals surface area contributed by atoms with E-state index in [1.807, 2.05) is 18.2 Å². The van der Waals surface area contributed by atoms with Gasteiger partial charge >= 0.3 is 0 Å². The molecule has 0 aliphatic heterocycles. The molecule has 2 aromatic rings. The van der Waals surface area contributed by atoms with E-state index in [4.69, 9.17) is 4.74 Å². The summed E-state index contributed by atoms with van der Waals surface area (Å²) in [4.78, 5) is 10.9. The first-order chi connectivity index (χ1) is 9.41. The molecule has 0 atom stereocenters. The Morgan fingerprint density at radius 3 is 2.45 bits per heavy atom. The van der Waals surface area contributed by atoms with Gasteiger partial charge in [-0.05, 0) is 35.2 Å². The molecule has 0 fully saturated rings. The Bertz CT molecular complexity index is 627. The molecule has 0 aliphatic rings. The van der Waals surface area contributed by atoms with E-state index in [1.165, 1.54) is 18.2 Å². The first-order valence-electron chi connectivity index (χ1n) is 6.44. The van der Waals surface area contributed by atoms with Gasteiger partial charge in [-0.25, -0.2) is 4.39 Å². The van der Waals surface area contributed by atoms with Crippen molar-refractivity contribution in [2.75, 3.05) is 0 Å². The summed E-state index contributed by atoms with van der Waals surface area (Å²) in [5.41, 5.74) is 1.26. The highest BCUT2D eigenvalue weighted by molar-refractivity contribution is 5.79. The van der Waals surface area contributed by atoms with E-state index < -0.39 is 5.82 Å². The van der Waals surface area contributed by atoms with Crippen molar-refractivity contribution < 1.29 is 13.9 Å². The maximum atomic E-state index is 13.8. The van der Waals surface area contributed by atoms with Crippen LogP contribution in [0.2, 0.25) is 0 Å². The van der Waals surface area contributed by atoms with Crippen molar-refractivity contribution in [3.8, 4) is 11.5 Å². The summed E-state index contributed by atoms with van der Waals surface area (Å²) in [6.07, 6.45) is 0.589. The molecule has 20 heavy (non-hydrogen) atoms. The molecular weight excluding hydrogens is 255 g/mol. The van der Waals surface area contributed by atoms with Gasteiger partial charge in [-0.1, -0.05) is 39.0 Å². The molecule has 0 spiro atoms. The number of hydrogen-bond donors (Lipinski definition) is 0. The Morgan fingerprint density at radius 2 is 1.80 bits per heavy atom. The fourth-order valence-corrected chi connectivity index (χ4v) is 1.87. The monoisotopic (exact) mass is 272 g/mol. The second-order valence-electron chi connectivity index (χ2n) is 5.66. The van der Waals surface area contributed by atoms with E-state index in [0.717, 1.165) is 5.56 Å². The molecular formula is C17H17FO2. The van der Waals surface area contributed by atoms with Gasteiger partial charge < -0.3 is 4.74 Å². The van der Waals surface area contributed by atoms with Crippen LogP contribution in [-0.2, 0) is 5.41 Å². The normalized spacial score (nSPS) is 11.2. The van der Waals surface area contributed by atoms with Crippen LogP contribution in [0.4, 0.5) is 4.39 Å². The Balaban J connectivity index is 2.38. The molecule has 0 saturated carbocycles. The number of carbonyl (C=O) groups is 1. The summed E-state index contributed by atoms with van der Waals surface area (Å²) in [5, 5.41) is 0. The smallest absolute Gasteiger partial charge is 0.173 e. The lowest BCUT2D eigenvalue weighted by Gasteiger charge is -2.20. The molecule has 3 heteroatoms. The molecule has 0 heterocycles. The third kappa shape index (κ3) is 3.05. The molecule has 0 saturated heterocycles. The lowest BCUT2D eigenvalue weighted by atomic mass is 9.87. The molecule has 2 aromatic carbocycles. The maximum absolute atomic E-state index is 13.8. The van der Waals surface area contributed by atoms with Crippen molar-refractivity contribution in [3.63, 3.8) is 0 Å². The molecule has 0 radical (unpaired) electrons. The van der Waals surface area contributed by atoms with Gasteiger partial charge in [-0.2, -0.15) is 0 Å². The lowest BCUT2D eigenvalue weighted by molar-refractivity contribution is 0.112. The summed E-state index contributed by atoms with van der Waals surface area (Å²) >= 11 is 0. The van der Waals surface area contributed by atoms with Gasteiger partial charge in [0.1, 0.15) is 5.75 Å². The van der Waals surface area contributed by atoms with Crippen LogP contribution in [0.15, 0.2) is 42.5 Å². The van der Waals surface area contributed by atoms with Gasteiger partial charge in [0, 0.05) is 0 Å². The Morgan fingerprint density at radius 1 is 1.10 bits per heavy atom. The summed E-state index contributed by atoms with van der Waals surface area (Å²) in [6, 6.07) is 11.7. The van der Waals surface area contributed by atoms with Crippen LogP contribution < -0.4 is 4.74 Å². The van der Waals surface area contributed by atoms with Crippen LogP contribution in [0.25, 0.3) is 0 Å². The molecule has 2 rings (SSSR count). The number of aldehydes is 1. The quantitative estimate of drug-likeness (QED) is 0.755. The summed E-state index contributed by atoms with van der Waals surface area (Å²) in [6.45, 7) is 6.27. The molecule has 2 nitrogen and oxygen atoms in total. The Hall–Kier alpha value is -2.16. The predicted octanol–water partition coefficient (Wildman–Crippen LogP) is 4.73. The lowest BCUT2D eigenvalue weighted by Crippen LogP contribution is -2.10. The van der Waals surface area contributed by atoms with E-state index >= 15 is 0 Å². The zero-order chi connectivity index (χ0) is 14.8. The van der Waals surface area contributed by atoms with Crippen molar-refractivity contribution in [1.82, 2.24) is 0 Å². The molecule has 0 bridgehead atoms. The van der Waals surface area contributed by atoms with Gasteiger partial charge in [-0.3, -0.25) is 4.79 Å². The minimum atomic E-state index is -0.546. The highest BCUT2D eigenvalue weighted by Gasteiger charge is 2.15. The fraction of sp³-hybridized carbons (Fsp3) is 0.235. The van der Waals surface area contributed by atoms with Crippen molar-refractivity contribution in [3.05, 3.63) is 59.4 Å². The summed E-state index contributed by atoms with van der Waals surface area (Å²) in [7, 11) is 0. The van der Waals surface area contributed by atoms with Crippen LogP contribution >= 0.6 is 0 Å². The predicted molar refractivity (Wildman–Crippen MR) is 77.0 cm³/mol. The van der Waals surface area contributed by atoms with E-state index in [9.17, 15) is 9.18 Å². The Kier molecular flexibility index (Phi) is 3.89. The van der Waals surface area contributed by atoms with Crippen LogP contribution in [-0.4, -0.2) is 6.29 Å². The highest BCUT2D eigenvalue weighted by Crippen LogP contribution is 2.31. The van der Waals surface area contributed by atoms with E-state index in [0.29, 0.717) is 12.0 Å². The molecule has 104 valence electrons. The van der Waals surface area contributed by atoms with Crippen LogP contribution in [0.3, 0.4) is 0 Å². The minimum absolute atomic E-state index is 0.0257. The molecule has 0 N–H and O–H groups in total. The molecule has 0 aliphatic carbocycles. The molecule has 0 amide bonds. The average Bonchev–Trinajstić information content (AvgIpc) is 2.40. The van der Waals surface area contributed by atoms with Crippen LogP contribution in [0.5, 0.6) is 11.5 Å². The number of carbonyl (C=O) groups excluding carboxylic acids is 1. The molecule has 0 unspecified atom stereocenters. The number of rotatable bonds is 3. The summed E-state index contributed by atoms with van der Waals surface area (Å²) < 4.78 is 19.3. The minimum Gasteiger partial charge on any atom is -0.454 e. The number of benzene rings is 2. The number of hydrogen-bond acceptors (Lipinski definition) is 2. The van der Waals surface area contributed by atoms with Crippen molar-refractivity contribution in [2.24, 2.45) is 0 Å². The second kappa shape index (κ2) is 5.45. The average molecular weight is 272 g/mol. The van der Waals surface area contributed by atoms with Crippen molar-refractivity contribution >= 4 is 6.29 Å². The zero-order valence-electron chi connectivity index (χ0n) is 11.8. The van der Waals surface area contributed by atoms with Gasteiger partial charge in [0.05, 0.1) is 5.56 Å². The third-order valence-corrected chi connectivity index (χ3v) is 3.04. The standard InChI is InChI=1S/C17H17FO2/c1-17(2,3)13-7-5-8-14(10-13)20-16-12(11-19)6-4-9-15(16)18/h4-11H,1-3H3. The van der Waals surface area contributed by atoms with Crippen molar-refractivity contribution in [1.29, 1.82) is 0 Å². The SMILES string of the molecule is CC(C)(C)c1cccc(Oc2c(F)cccc2C=O)c1. The number of ether oxygens (including phenoxy) is 1. The second-order valence-corrected chi connectivity index (χ2v) is 5.66. The topological polar surface area (TPSA) is 26.3 Å². The highest BCUT2D eigenvalue weighted by atomic mass is 19.1. The Labute approximate surface area is 118 Å². The summed E-state index contributed by atoms with van der Waals surface area (Å²) in [5.74, 6) is -0.0602. The number of halogens is 1. The number of para-hydroxylation sites is 1. The van der Waals surface area contributed by atoms with Gasteiger partial charge in [0.25, 0.3) is 0 Å². The first-order valence-corrected chi connectivity index (χ1v) is 6.44. The van der Waals surface area contributed by atoms with E-state index in [2.05, 4.69) is 20.8 Å². The van der Waals surface area contributed by atoms with E-state index in [1.54, 1.807) is 6.07 Å². The largest absolute Gasteiger partial charge is 0.454 e. The van der Waals surface area contributed by atoms with Gasteiger partial charge in [0.15, 0.2) is 17.9 Å². The van der Waals surface area contributed by atoms with E-state index in [-0.39, 0.29) is 16.7 Å². The fourth-order valence-electron chi connectivity index (χ4n) is 1.87. The van der Waals surface area contributed by atoms with Crippen LogP contribution in [0.1, 0.15) is 36.7 Å². The van der Waals surface area contributed by atoms with Gasteiger partial charge in [0.2, 0.25) is 0 Å². The first kappa shape index (κ1) is 14.3. The maximum Gasteiger partial charge on any atom is 0.173 e.